The average molecular weight is 343 g/mol. The number of methoxy groups -OCH3 is 1. The van der Waals surface area contributed by atoms with E-state index in [1.54, 1.807) is 0 Å². The number of hydrogen-bond donors (Lipinski definition) is 1. The van der Waals surface area contributed by atoms with Crippen LogP contribution >= 0.6 is 15.9 Å². The van der Waals surface area contributed by atoms with Crippen LogP contribution in [0.1, 0.15) is 5.56 Å². The predicted molar refractivity (Wildman–Crippen MR) is 63.0 cm³/mol. The first-order valence-electron chi connectivity index (χ1n) is 4.99. The van der Waals surface area contributed by atoms with Gasteiger partial charge in [0.2, 0.25) is 0 Å². The molecule has 0 heterocycles. The maximum absolute atomic E-state index is 13.8. The van der Waals surface area contributed by atoms with Gasteiger partial charge in [-0.15, -0.1) is 0 Å². The highest BCUT2D eigenvalue weighted by Crippen LogP contribution is 2.38. The fourth-order valence-corrected chi connectivity index (χ4v) is 1.67. The largest absolute Gasteiger partial charge is 0.496 e. The van der Waals surface area contributed by atoms with Gasteiger partial charge in [-0.3, -0.25) is 0 Å². The van der Waals surface area contributed by atoms with Crippen LogP contribution in [-0.2, 0) is 15.5 Å². The molecule has 19 heavy (non-hydrogen) atoms. The third kappa shape index (κ3) is 4.10. The van der Waals surface area contributed by atoms with Crippen molar-refractivity contribution in [1.82, 2.24) is 0 Å². The highest BCUT2D eigenvalue weighted by atomic mass is 79.9. The maximum atomic E-state index is 13.8. The van der Waals surface area contributed by atoms with Crippen molar-refractivity contribution in [1.29, 1.82) is 0 Å². The number of rotatable bonds is 6. The normalized spacial score (nSPS) is 11.4. The molecule has 0 unspecified atom stereocenters. The summed E-state index contributed by atoms with van der Waals surface area (Å²) < 4.78 is 49.8. The molecule has 1 N–H and O–H groups in total. The average Bonchev–Trinajstić information content (AvgIpc) is 2.31. The maximum Gasteiger partial charge on any atom is 0.329 e. The minimum absolute atomic E-state index is 0.152. The Hall–Kier alpha value is -1.28. The van der Waals surface area contributed by atoms with Crippen molar-refractivity contribution in [2.45, 2.75) is 5.92 Å². The van der Waals surface area contributed by atoms with E-state index < -0.39 is 36.5 Å². The number of hydrogen-bond acceptors (Lipinski definition) is 3. The number of carbonyl (C=O) groups is 1. The van der Waals surface area contributed by atoms with Crippen LogP contribution in [0.4, 0.5) is 13.2 Å². The summed E-state index contributed by atoms with van der Waals surface area (Å²) in [5, 5.41) is 8.31. The molecule has 0 saturated carbocycles. The second kappa shape index (κ2) is 6.25. The molecule has 0 fully saturated rings. The Balaban J connectivity index is 2.99. The summed E-state index contributed by atoms with van der Waals surface area (Å²) in [7, 11) is 1.13. The SMILES string of the molecule is COc1cc(F)c(Br)cc1C(F)(F)COCC(=O)O. The minimum atomic E-state index is -3.50. The second-order valence-corrected chi connectivity index (χ2v) is 4.41. The van der Waals surface area contributed by atoms with Crippen molar-refractivity contribution in [3.63, 3.8) is 0 Å². The quantitative estimate of drug-likeness (QED) is 0.863. The summed E-state index contributed by atoms with van der Waals surface area (Å²) in [5.74, 6) is -5.95. The molecule has 0 saturated heterocycles. The van der Waals surface area contributed by atoms with Gasteiger partial charge in [-0.1, -0.05) is 0 Å². The molecule has 0 aliphatic heterocycles. The zero-order chi connectivity index (χ0) is 14.6. The zero-order valence-corrected chi connectivity index (χ0v) is 11.3. The lowest BCUT2D eigenvalue weighted by Crippen LogP contribution is -2.24. The first-order valence-corrected chi connectivity index (χ1v) is 5.78. The van der Waals surface area contributed by atoms with E-state index in [-0.39, 0.29) is 10.2 Å². The highest BCUT2D eigenvalue weighted by molar-refractivity contribution is 9.10. The van der Waals surface area contributed by atoms with Gasteiger partial charge in [0.25, 0.3) is 5.92 Å². The molecule has 0 aliphatic rings. The molecule has 1 aromatic carbocycles. The topological polar surface area (TPSA) is 55.8 Å². The van der Waals surface area contributed by atoms with Crippen LogP contribution in [0.15, 0.2) is 16.6 Å². The lowest BCUT2D eigenvalue weighted by Gasteiger charge is -2.19. The summed E-state index contributed by atoms with van der Waals surface area (Å²) in [6.07, 6.45) is 0. The van der Waals surface area contributed by atoms with Crippen molar-refractivity contribution in [3.05, 3.63) is 28.0 Å². The molecule has 0 radical (unpaired) electrons. The van der Waals surface area contributed by atoms with E-state index in [0.717, 1.165) is 19.2 Å². The first kappa shape index (κ1) is 15.8. The van der Waals surface area contributed by atoms with Crippen LogP contribution in [0.3, 0.4) is 0 Å². The van der Waals surface area contributed by atoms with Gasteiger partial charge in [0.15, 0.2) is 0 Å². The van der Waals surface area contributed by atoms with Gasteiger partial charge >= 0.3 is 5.97 Å². The molecule has 0 bridgehead atoms. The van der Waals surface area contributed by atoms with Gasteiger partial charge in [0.1, 0.15) is 24.8 Å². The monoisotopic (exact) mass is 342 g/mol. The molecule has 0 aromatic heterocycles. The third-order valence-corrected chi connectivity index (χ3v) is 2.75. The van der Waals surface area contributed by atoms with Crippen molar-refractivity contribution in [2.75, 3.05) is 20.3 Å². The van der Waals surface area contributed by atoms with Gasteiger partial charge in [-0.25, -0.2) is 9.18 Å². The van der Waals surface area contributed by atoms with Crippen LogP contribution in [0.5, 0.6) is 5.75 Å². The predicted octanol–water partition coefficient (Wildman–Crippen LogP) is 2.79. The van der Waals surface area contributed by atoms with Crippen LogP contribution in [0, 0.1) is 5.82 Å². The van der Waals surface area contributed by atoms with E-state index >= 15 is 0 Å². The molecule has 1 rings (SSSR count). The Bertz CT molecular complexity index is 479. The second-order valence-electron chi connectivity index (χ2n) is 3.56. The van der Waals surface area contributed by atoms with Crippen LogP contribution in [0.2, 0.25) is 0 Å². The fraction of sp³-hybridized carbons (Fsp3) is 0.364. The smallest absolute Gasteiger partial charge is 0.329 e. The van der Waals surface area contributed by atoms with Crippen molar-refractivity contribution in [3.8, 4) is 5.75 Å². The number of aliphatic carboxylic acids is 1. The number of halogens is 4. The highest BCUT2D eigenvalue weighted by Gasteiger charge is 2.36. The van der Waals surface area contributed by atoms with Gasteiger partial charge in [0.05, 0.1) is 17.1 Å². The Kier molecular flexibility index (Phi) is 5.19. The molecular weight excluding hydrogens is 333 g/mol. The lowest BCUT2D eigenvalue weighted by atomic mass is 10.1. The number of benzene rings is 1. The summed E-state index contributed by atoms with van der Waals surface area (Å²) in [5.41, 5.74) is -0.589. The summed E-state index contributed by atoms with van der Waals surface area (Å²) in [6.45, 7) is -1.99. The summed E-state index contributed by atoms with van der Waals surface area (Å²) >= 11 is 2.79. The zero-order valence-electron chi connectivity index (χ0n) is 9.75. The van der Waals surface area contributed by atoms with E-state index in [0.29, 0.717) is 0 Å². The van der Waals surface area contributed by atoms with Gasteiger partial charge in [-0.05, 0) is 22.0 Å². The molecule has 0 aliphatic carbocycles. The fourth-order valence-electron chi connectivity index (χ4n) is 1.33. The Labute approximate surface area is 115 Å². The Morgan fingerprint density at radius 3 is 2.63 bits per heavy atom. The Morgan fingerprint density at radius 1 is 1.47 bits per heavy atom. The summed E-state index contributed by atoms with van der Waals surface area (Å²) in [4.78, 5) is 10.2. The van der Waals surface area contributed by atoms with Crippen LogP contribution < -0.4 is 4.74 Å². The number of ether oxygens (including phenoxy) is 2. The minimum Gasteiger partial charge on any atom is -0.496 e. The van der Waals surface area contributed by atoms with Crippen LogP contribution in [-0.4, -0.2) is 31.4 Å². The van der Waals surface area contributed by atoms with E-state index in [9.17, 15) is 18.0 Å². The van der Waals surface area contributed by atoms with Gasteiger partial charge in [0, 0.05) is 6.07 Å². The van der Waals surface area contributed by atoms with E-state index in [1.165, 1.54) is 0 Å². The van der Waals surface area contributed by atoms with E-state index in [2.05, 4.69) is 25.4 Å². The van der Waals surface area contributed by atoms with Crippen molar-refractivity contribution in [2.24, 2.45) is 0 Å². The molecule has 4 nitrogen and oxygen atoms in total. The molecule has 106 valence electrons. The van der Waals surface area contributed by atoms with E-state index in [1.807, 2.05) is 0 Å². The molecule has 0 spiro atoms. The molecule has 1 aromatic rings. The van der Waals surface area contributed by atoms with Gasteiger partial charge < -0.3 is 14.6 Å². The van der Waals surface area contributed by atoms with Crippen LogP contribution in [0.25, 0.3) is 0 Å². The number of alkyl halides is 2. The van der Waals surface area contributed by atoms with Crippen molar-refractivity contribution >= 4 is 21.9 Å². The Morgan fingerprint density at radius 2 is 2.11 bits per heavy atom. The molecule has 0 amide bonds. The summed E-state index contributed by atoms with van der Waals surface area (Å²) in [6, 6.07) is 1.68. The number of carboxylic acids is 1. The third-order valence-electron chi connectivity index (χ3n) is 2.15. The molecule has 0 atom stereocenters. The van der Waals surface area contributed by atoms with E-state index in [4.69, 9.17) is 5.11 Å². The number of carboxylic acid groups (broad SMARTS) is 1. The lowest BCUT2D eigenvalue weighted by molar-refractivity contribution is -0.147. The molecule has 8 heteroatoms. The molecular formula is C11H10BrF3O4. The van der Waals surface area contributed by atoms with Crippen molar-refractivity contribution < 1.29 is 32.5 Å². The first-order chi connectivity index (χ1) is 8.77. The standard InChI is InChI=1S/C11H10BrF3O4/c1-18-9-3-8(13)7(12)2-6(9)11(14,15)5-19-4-10(16)17/h2-3H,4-5H2,1H3,(H,16,17). The van der Waals surface area contributed by atoms with Gasteiger partial charge in [-0.2, -0.15) is 8.78 Å².